The van der Waals surface area contributed by atoms with Crippen LogP contribution in [0.5, 0.6) is 0 Å². The average molecular weight is 975 g/mol. The molecule has 65 heavy (non-hydrogen) atoms. The first kappa shape index (κ1) is 50.7. The molecule has 2 N–H and O–H groups in total. The van der Waals surface area contributed by atoms with Crippen LogP contribution in [0, 0.1) is 29.1 Å². The van der Waals surface area contributed by atoms with Crippen molar-refractivity contribution in [3.8, 4) is 6.07 Å². The van der Waals surface area contributed by atoms with Crippen LogP contribution in [-0.4, -0.2) is 105 Å². The number of benzene rings is 2. The summed E-state index contributed by atoms with van der Waals surface area (Å²) in [5.74, 6) is -1.91. The van der Waals surface area contributed by atoms with Crippen molar-refractivity contribution >= 4 is 80.5 Å². The van der Waals surface area contributed by atoms with Gasteiger partial charge in [-0.05, 0) is 66.7 Å². The van der Waals surface area contributed by atoms with Crippen LogP contribution in [0.4, 0.5) is 8.78 Å². The number of rotatable bonds is 18. The Morgan fingerprint density at radius 2 is 1.57 bits per heavy atom. The molecule has 3 saturated heterocycles. The van der Waals surface area contributed by atoms with Gasteiger partial charge in [-0.3, -0.25) is 28.5 Å². The fourth-order valence-corrected chi connectivity index (χ4v) is 13.0. The van der Waals surface area contributed by atoms with Crippen molar-refractivity contribution in [2.75, 3.05) is 37.8 Å². The third kappa shape index (κ3) is 12.5. The second-order valence-corrected chi connectivity index (χ2v) is 23.1. The van der Waals surface area contributed by atoms with Crippen LogP contribution < -0.4 is 5.32 Å². The second kappa shape index (κ2) is 22.4. The van der Waals surface area contributed by atoms with Gasteiger partial charge >= 0.3 is 13.3 Å². The Morgan fingerprint density at radius 3 is 2.18 bits per heavy atom. The summed E-state index contributed by atoms with van der Waals surface area (Å²) in [5.41, 5.74) is -3.92. The Balaban J connectivity index is 1.17. The third-order valence-electron chi connectivity index (χ3n) is 11.8. The smallest absolute Gasteiger partial charge is 0.393 e. The number of likely N-dealkylation sites (tertiary alicyclic amines) is 1. The summed E-state index contributed by atoms with van der Waals surface area (Å²) < 4.78 is 58.1. The maximum absolute atomic E-state index is 16.5. The first-order chi connectivity index (χ1) is 30.9. The zero-order valence-corrected chi connectivity index (χ0v) is 40.3. The molecule has 0 aliphatic carbocycles. The topological polar surface area (TPSA) is 183 Å². The number of nitriles is 1. The quantitative estimate of drug-likeness (QED) is 0.0917. The van der Waals surface area contributed by atoms with E-state index < -0.39 is 68.0 Å². The van der Waals surface area contributed by atoms with Crippen LogP contribution in [0.25, 0.3) is 10.1 Å². The molecule has 3 aromatic rings. The van der Waals surface area contributed by atoms with Crippen LogP contribution in [-0.2, 0) is 38.5 Å². The Morgan fingerprint density at radius 1 is 0.938 bits per heavy atom. The molecule has 0 radical (unpaired) electrons. The Hall–Kier alpha value is -3.69. The van der Waals surface area contributed by atoms with Gasteiger partial charge in [0.1, 0.15) is 12.1 Å². The number of aliphatic hydroxyl groups is 1. The average Bonchev–Trinajstić information content (AvgIpc) is 4.01. The largest absolute Gasteiger partial charge is 0.404 e. The van der Waals surface area contributed by atoms with Crippen LogP contribution >= 0.6 is 42.5 Å². The highest BCUT2D eigenvalue weighted by Gasteiger charge is 2.55. The summed E-state index contributed by atoms with van der Waals surface area (Å²) in [6.07, 6.45) is 1.30. The Bertz CT molecular complexity index is 2260. The number of carbonyl (C=O) groups is 5. The van der Waals surface area contributed by atoms with Crippen LogP contribution in [0.3, 0.4) is 0 Å². The molecule has 0 unspecified atom stereocenters. The molecule has 3 aliphatic rings. The number of alkyl halides is 2. The zero-order valence-electron chi connectivity index (χ0n) is 37.0. The van der Waals surface area contributed by atoms with E-state index >= 15 is 8.78 Å². The Kier molecular flexibility index (Phi) is 17.5. The van der Waals surface area contributed by atoms with Gasteiger partial charge < -0.3 is 29.3 Å². The van der Waals surface area contributed by atoms with E-state index in [1.165, 1.54) is 12.1 Å². The lowest BCUT2D eigenvalue weighted by atomic mass is 9.90. The molecule has 3 fully saturated rings. The number of hydrogen-bond acceptors (Lipinski definition) is 13. The van der Waals surface area contributed by atoms with Gasteiger partial charge in [0.25, 0.3) is 5.91 Å². The van der Waals surface area contributed by atoms with Crippen molar-refractivity contribution in [2.24, 2.45) is 17.8 Å². The lowest BCUT2D eigenvalue weighted by Gasteiger charge is -2.37. The maximum Gasteiger partial charge on any atom is 0.404 e. The predicted octanol–water partition coefficient (Wildman–Crippen LogP) is 8.56. The van der Waals surface area contributed by atoms with E-state index in [2.05, 4.69) is 11.4 Å². The molecule has 6 rings (SSSR count). The number of hydrogen-bond donors (Lipinski definition) is 2. The van der Waals surface area contributed by atoms with Crippen molar-refractivity contribution in [1.29, 1.82) is 5.26 Å². The number of thiophene rings is 1. The molecular formula is C46H57F2N4O9PS3. The standard InChI is InChI=1S/C46H57F2N4O9PS3/c1-28(2)20-41(54)63-18-16-60-62(59,61-17-19-64-42(55)21-29(3)4)46(47,48)33-10-15-39-31(22-33)23-40(65-39)43(56)50-37-24-35(53)13-11-34-12-14-38(52(34)44(37)57)45(58)51-26-32(25-49)36(27-51)30-8-6-5-7-9-30/h5-10,15,22-23,28-29,32,34-38,53H,11-14,16-21,24,26-27H2,1-4H3,(H,50,56)/t32-,34-,35-,36+,37-,38-/m0/s1. The van der Waals surface area contributed by atoms with E-state index in [9.17, 15) is 38.9 Å². The summed E-state index contributed by atoms with van der Waals surface area (Å²) in [6, 6.07) is 14.5. The third-order valence-corrected chi connectivity index (χ3v) is 16.6. The Labute approximate surface area is 391 Å². The maximum atomic E-state index is 16.5. The highest BCUT2D eigenvalue weighted by molar-refractivity contribution is 8.13. The highest BCUT2D eigenvalue weighted by atomic mass is 32.2. The number of amides is 3. The van der Waals surface area contributed by atoms with Gasteiger partial charge in [0.15, 0.2) is 10.2 Å². The van der Waals surface area contributed by atoms with E-state index in [4.69, 9.17) is 9.05 Å². The van der Waals surface area contributed by atoms with Gasteiger partial charge in [-0.25, -0.2) is 0 Å². The summed E-state index contributed by atoms with van der Waals surface area (Å²) in [5, 5.41) is 23.5. The van der Waals surface area contributed by atoms with Gasteiger partial charge in [0.2, 0.25) is 11.8 Å². The molecule has 3 amide bonds. The highest BCUT2D eigenvalue weighted by Crippen LogP contribution is 2.67. The summed E-state index contributed by atoms with van der Waals surface area (Å²) in [4.78, 5) is 70.2. The molecule has 4 heterocycles. The van der Waals surface area contributed by atoms with E-state index in [1.807, 2.05) is 58.0 Å². The molecule has 0 saturated carbocycles. The SMILES string of the molecule is CC(C)CC(=O)SCCOP(=O)(OCCSC(=O)CC(C)C)C(F)(F)c1ccc2sc(C(=O)N[C@H]3C[C@@H](O)CC[C@H]4CC[C@@H](C(=O)N5C[C@H](c6ccccc6)[C@@H](C#N)C5)N4C3=O)cc2c1. The fourth-order valence-electron chi connectivity index (χ4n) is 8.62. The van der Waals surface area contributed by atoms with Crippen LogP contribution in [0.2, 0.25) is 0 Å². The van der Waals surface area contributed by atoms with Crippen molar-refractivity contribution in [1.82, 2.24) is 15.1 Å². The van der Waals surface area contributed by atoms with Crippen LogP contribution in [0.15, 0.2) is 54.6 Å². The van der Waals surface area contributed by atoms with Crippen molar-refractivity contribution in [3.63, 3.8) is 0 Å². The van der Waals surface area contributed by atoms with E-state index in [-0.39, 0.29) is 87.5 Å². The molecule has 1 aromatic heterocycles. The number of nitrogens with one attached hydrogen (secondary N) is 1. The molecule has 6 atom stereocenters. The van der Waals surface area contributed by atoms with Gasteiger partial charge in [0.05, 0.1) is 36.2 Å². The normalized spacial score (nSPS) is 22.8. The number of halogens is 2. The van der Waals surface area contributed by atoms with Gasteiger partial charge in [-0.2, -0.15) is 14.0 Å². The zero-order chi connectivity index (χ0) is 47.1. The summed E-state index contributed by atoms with van der Waals surface area (Å²) >= 11 is 2.76. The molecule has 3 aliphatic heterocycles. The van der Waals surface area contributed by atoms with Gasteiger partial charge in [-0.1, -0.05) is 87.6 Å². The molecule has 2 aromatic carbocycles. The second-order valence-electron chi connectivity index (χ2n) is 17.7. The first-order valence-electron chi connectivity index (χ1n) is 22.1. The monoisotopic (exact) mass is 974 g/mol. The summed E-state index contributed by atoms with van der Waals surface area (Å²) in [7, 11) is -5.27. The van der Waals surface area contributed by atoms with Crippen molar-refractivity contribution < 1.29 is 51.5 Å². The first-order valence-corrected chi connectivity index (χ1v) is 26.4. The number of thioether (sulfide) groups is 2. The van der Waals surface area contributed by atoms with Gasteiger partial charge in [-0.15, -0.1) is 11.3 Å². The van der Waals surface area contributed by atoms with E-state index in [0.717, 1.165) is 52.6 Å². The van der Waals surface area contributed by atoms with E-state index in [0.29, 0.717) is 36.9 Å². The fraction of sp³-hybridized carbons (Fsp3) is 0.565. The van der Waals surface area contributed by atoms with Crippen molar-refractivity contribution in [3.05, 3.63) is 70.6 Å². The number of fused-ring (bicyclic) bond motifs is 2. The molecular weight excluding hydrogens is 918 g/mol. The molecule has 13 nitrogen and oxygen atoms in total. The lowest BCUT2D eigenvalue weighted by Crippen LogP contribution is -2.57. The number of aliphatic hydroxyl groups excluding tert-OH is 1. The number of nitrogens with zero attached hydrogens (tertiary/aromatic N) is 3. The minimum Gasteiger partial charge on any atom is -0.393 e. The van der Waals surface area contributed by atoms with Crippen LogP contribution in [0.1, 0.15) is 99.4 Å². The summed E-state index contributed by atoms with van der Waals surface area (Å²) in [6.45, 7) is 7.12. The lowest BCUT2D eigenvalue weighted by molar-refractivity contribution is -0.147. The molecule has 0 bridgehead atoms. The molecule has 0 spiro atoms. The minimum absolute atomic E-state index is 0.0368. The van der Waals surface area contributed by atoms with Gasteiger partial charge in [0, 0.05) is 66.1 Å². The van der Waals surface area contributed by atoms with Crippen molar-refractivity contribution in [2.45, 2.75) is 108 Å². The predicted molar refractivity (Wildman–Crippen MR) is 249 cm³/mol. The number of carbonyl (C=O) groups excluding carboxylic acids is 5. The molecule has 19 heteroatoms. The molecule has 352 valence electrons. The van der Waals surface area contributed by atoms with E-state index in [1.54, 1.807) is 9.80 Å². The minimum atomic E-state index is -5.27.